The van der Waals surface area contributed by atoms with E-state index in [1.807, 2.05) is 30.9 Å². The van der Waals surface area contributed by atoms with E-state index in [1.165, 1.54) is 25.4 Å². The number of hydrogen-bond donors (Lipinski definition) is 2. The lowest BCUT2D eigenvalue weighted by Gasteiger charge is -2.38. The Morgan fingerprint density at radius 1 is 1.22 bits per heavy atom. The number of anilines is 4. The lowest BCUT2D eigenvalue weighted by atomic mass is 10.1. The second kappa shape index (κ2) is 8.96. The maximum Gasteiger partial charge on any atom is 0.232 e. The highest BCUT2D eigenvalue weighted by Gasteiger charge is 2.31. The molecule has 2 heterocycles. The Morgan fingerprint density at radius 2 is 2.00 bits per heavy atom. The molecule has 4 rings (SSSR count). The molecule has 1 aromatic heterocycles. The zero-order valence-corrected chi connectivity index (χ0v) is 18.6. The van der Waals surface area contributed by atoms with Gasteiger partial charge in [-0.2, -0.15) is 4.98 Å². The number of carbonyl (C=O) groups is 1. The normalized spacial score (nSPS) is 13.5. The Balaban J connectivity index is 1.42. The topological polar surface area (TPSA) is 92.3 Å². The highest BCUT2D eigenvalue weighted by molar-refractivity contribution is 6.30. The minimum absolute atomic E-state index is 0.0609. The van der Waals surface area contributed by atoms with Gasteiger partial charge in [-0.15, -0.1) is 0 Å². The van der Waals surface area contributed by atoms with Crippen LogP contribution in [-0.4, -0.2) is 40.1 Å². The second-order valence-electron chi connectivity index (χ2n) is 7.57. The molecule has 1 fully saturated rings. The Hall–Kier alpha value is -3.46. The zero-order valence-electron chi connectivity index (χ0n) is 17.8. The van der Waals surface area contributed by atoms with Crippen LogP contribution in [0.15, 0.2) is 36.7 Å². The number of amides is 1. The third-order valence-electron chi connectivity index (χ3n) is 5.10. The van der Waals surface area contributed by atoms with E-state index >= 15 is 0 Å². The highest BCUT2D eigenvalue weighted by atomic mass is 35.5. The molecule has 0 bridgehead atoms. The van der Waals surface area contributed by atoms with Crippen LogP contribution in [0.2, 0.25) is 5.02 Å². The number of benzene rings is 2. The fourth-order valence-corrected chi connectivity index (χ4v) is 3.51. The molecule has 1 aliphatic heterocycles. The van der Waals surface area contributed by atoms with E-state index in [0.717, 1.165) is 22.5 Å². The van der Waals surface area contributed by atoms with Gasteiger partial charge in [-0.05, 0) is 43.2 Å². The molecule has 1 saturated heterocycles. The fraction of sp³-hybridized carbons (Fsp3) is 0.273. The minimum Gasteiger partial charge on any atom is -0.487 e. The number of carbonyl (C=O) groups excluding carboxylic acids is 1. The van der Waals surface area contributed by atoms with Gasteiger partial charge in [-0.1, -0.05) is 17.7 Å². The predicted octanol–water partition coefficient (Wildman–Crippen LogP) is 4.25. The number of hydrogen-bond acceptors (Lipinski definition) is 7. The van der Waals surface area contributed by atoms with Crippen molar-refractivity contribution in [3.63, 3.8) is 0 Å². The van der Waals surface area contributed by atoms with Gasteiger partial charge in [0.1, 0.15) is 24.0 Å². The van der Waals surface area contributed by atoms with E-state index in [2.05, 4.69) is 25.6 Å². The lowest BCUT2D eigenvalue weighted by molar-refractivity contribution is -0.114. The van der Waals surface area contributed by atoms with Gasteiger partial charge in [0.15, 0.2) is 0 Å². The molecule has 0 radical (unpaired) electrons. The third-order valence-corrected chi connectivity index (χ3v) is 5.41. The van der Waals surface area contributed by atoms with Gasteiger partial charge < -0.3 is 20.3 Å². The summed E-state index contributed by atoms with van der Waals surface area (Å²) in [5, 5.41) is 6.12. The molecule has 10 heteroatoms. The van der Waals surface area contributed by atoms with E-state index in [9.17, 15) is 9.18 Å². The Labute approximate surface area is 189 Å². The number of ether oxygens (including phenoxy) is 1. The molecular weight excluding hydrogens is 435 g/mol. The van der Waals surface area contributed by atoms with Crippen LogP contribution in [0.25, 0.3) is 0 Å². The van der Waals surface area contributed by atoms with Crippen molar-refractivity contribution in [3.05, 3.63) is 58.6 Å². The van der Waals surface area contributed by atoms with Crippen LogP contribution >= 0.6 is 11.6 Å². The van der Waals surface area contributed by atoms with Crippen LogP contribution in [0.5, 0.6) is 5.75 Å². The summed E-state index contributed by atoms with van der Waals surface area (Å²) in [6.45, 7) is 6.45. The SMILES string of the molecule is CC(=O)Nc1c(C)ccc(Nc2ncnc(N3CC(Oc4ccc(Cl)c(F)c4)C3)n2)c1C. The van der Waals surface area contributed by atoms with Crippen molar-refractivity contribution in [3.8, 4) is 5.75 Å². The summed E-state index contributed by atoms with van der Waals surface area (Å²) < 4.78 is 19.4. The molecule has 0 saturated carbocycles. The van der Waals surface area contributed by atoms with Gasteiger partial charge in [0.05, 0.1) is 18.1 Å². The molecule has 2 N–H and O–H groups in total. The molecule has 1 amide bonds. The van der Waals surface area contributed by atoms with E-state index in [1.54, 1.807) is 6.07 Å². The summed E-state index contributed by atoms with van der Waals surface area (Å²) in [6.07, 6.45) is 1.33. The molecule has 8 nitrogen and oxygen atoms in total. The molecule has 166 valence electrons. The third kappa shape index (κ3) is 4.72. The van der Waals surface area contributed by atoms with Crippen LogP contribution in [0.1, 0.15) is 18.1 Å². The first-order valence-corrected chi connectivity index (χ1v) is 10.4. The Kier molecular flexibility index (Phi) is 6.09. The molecule has 32 heavy (non-hydrogen) atoms. The van der Waals surface area contributed by atoms with Crippen molar-refractivity contribution in [1.82, 2.24) is 15.0 Å². The number of nitrogens with one attached hydrogen (secondary N) is 2. The van der Waals surface area contributed by atoms with Crippen LogP contribution in [0.3, 0.4) is 0 Å². The van der Waals surface area contributed by atoms with Crippen molar-refractivity contribution in [1.29, 1.82) is 0 Å². The average molecular weight is 457 g/mol. The van der Waals surface area contributed by atoms with E-state index in [0.29, 0.717) is 30.7 Å². The van der Waals surface area contributed by atoms with Crippen molar-refractivity contribution < 1.29 is 13.9 Å². The van der Waals surface area contributed by atoms with Crippen LogP contribution in [-0.2, 0) is 4.79 Å². The second-order valence-corrected chi connectivity index (χ2v) is 7.97. The summed E-state index contributed by atoms with van der Waals surface area (Å²) in [5.41, 5.74) is 3.39. The number of nitrogens with zero attached hydrogens (tertiary/aromatic N) is 4. The average Bonchev–Trinajstić information content (AvgIpc) is 2.72. The van der Waals surface area contributed by atoms with Crippen molar-refractivity contribution in [2.75, 3.05) is 28.6 Å². The largest absolute Gasteiger partial charge is 0.487 e. The van der Waals surface area contributed by atoms with Gasteiger partial charge in [-0.3, -0.25) is 4.79 Å². The molecule has 0 atom stereocenters. The first-order valence-electron chi connectivity index (χ1n) is 10.0. The van der Waals surface area contributed by atoms with Crippen LogP contribution < -0.4 is 20.3 Å². The molecule has 3 aromatic rings. The van der Waals surface area contributed by atoms with Crippen LogP contribution in [0.4, 0.5) is 27.7 Å². The van der Waals surface area contributed by atoms with Gasteiger partial charge in [0.2, 0.25) is 17.8 Å². The fourth-order valence-electron chi connectivity index (χ4n) is 3.39. The molecule has 0 unspecified atom stereocenters. The lowest BCUT2D eigenvalue weighted by Crippen LogP contribution is -2.54. The predicted molar refractivity (Wildman–Crippen MR) is 121 cm³/mol. The minimum atomic E-state index is -0.512. The molecular formula is C22H22ClFN6O2. The summed E-state index contributed by atoms with van der Waals surface area (Å²) in [5.74, 6) is 0.684. The number of rotatable bonds is 6. The molecule has 2 aromatic carbocycles. The first-order chi connectivity index (χ1) is 15.3. The van der Waals surface area contributed by atoms with E-state index in [4.69, 9.17) is 16.3 Å². The maximum absolute atomic E-state index is 13.6. The first kappa shape index (κ1) is 21.8. The van der Waals surface area contributed by atoms with Crippen molar-refractivity contribution >= 4 is 40.8 Å². The van der Waals surface area contributed by atoms with Gasteiger partial charge >= 0.3 is 0 Å². The van der Waals surface area contributed by atoms with Gasteiger partial charge in [0, 0.05) is 24.4 Å². The zero-order chi connectivity index (χ0) is 22.8. The molecule has 0 spiro atoms. The van der Waals surface area contributed by atoms with Gasteiger partial charge in [0.25, 0.3) is 0 Å². The number of aromatic nitrogens is 3. The van der Waals surface area contributed by atoms with Gasteiger partial charge in [-0.25, -0.2) is 14.4 Å². The van der Waals surface area contributed by atoms with Crippen molar-refractivity contribution in [2.45, 2.75) is 26.9 Å². The van der Waals surface area contributed by atoms with Crippen molar-refractivity contribution in [2.24, 2.45) is 0 Å². The summed E-state index contributed by atoms with van der Waals surface area (Å²) in [4.78, 5) is 26.4. The standard InChI is InChI=1S/C22H22ClFN6O2/c1-12-4-7-19(13(2)20(12)27-14(3)31)28-21-25-11-26-22(29-21)30-9-16(10-30)32-15-5-6-17(23)18(24)8-15/h4-8,11,16H,9-10H2,1-3H3,(H,27,31)(H,25,26,28,29). The summed E-state index contributed by atoms with van der Waals surface area (Å²) >= 11 is 5.70. The quantitative estimate of drug-likeness (QED) is 0.572. The number of aryl methyl sites for hydroxylation is 1. The summed E-state index contributed by atoms with van der Waals surface area (Å²) in [6, 6.07) is 8.21. The Morgan fingerprint density at radius 3 is 2.72 bits per heavy atom. The smallest absolute Gasteiger partial charge is 0.232 e. The highest BCUT2D eigenvalue weighted by Crippen LogP contribution is 2.29. The maximum atomic E-state index is 13.6. The molecule has 1 aliphatic rings. The monoisotopic (exact) mass is 456 g/mol. The van der Waals surface area contributed by atoms with Crippen LogP contribution in [0, 0.1) is 19.7 Å². The number of halogens is 2. The molecule has 0 aliphatic carbocycles. The Bertz CT molecular complexity index is 1170. The van der Waals surface area contributed by atoms with E-state index in [-0.39, 0.29) is 17.0 Å². The summed E-state index contributed by atoms with van der Waals surface area (Å²) in [7, 11) is 0. The van der Waals surface area contributed by atoms with E-state index < -0.39 is 5.82 Å².